The van der Waals surface area contributed by atoms with E-state index in [-0.39, 0.29) is 6.29 Å². The molecule has 1 fully saturated rings. The molecule has 0 radical (unpaired) electrons. The second-order valence-electron chi connectivity index (χ2n) is 5.65. The van der Waals surface area contributed by atoms with Crippen molar-refractivity contribution in [3.63, 3.8) is 0 Å². The molecule has 0 amide bonds. The molecule has 1 aliphatic heterocycles. The van der Waals surface area contributed by atoms with Gasteiger partial charge in [-0.05, 0) is 67.7 Å². The van der Waals surface area contributed by atoms with Gasteiger partial charge in [0.25, 0.3) is 0 Å². The van der Waals surface area contributed by atoms with Crippen molar-refractivity contribution in [2.24, 2.45) is 5.92 Å². The molecule has 1 heterocycles. The lowest BCUT2D eigenvalue weighted by Gasteiger charge is -2.28. The highest BCUT2D eigenvalue weighted by Crippen LogP contribution is 2.28. The van der Waals surface area contributed by atoms with Crippen LogP contribution in [0, 0.1) is 5.92 Å². The van der Waals surface area contributed by atoms with Crippen LogP contribution >= 0.6 is 15.9 Å². The van der Waals surface area contributed by atoms with Gasteiger partial charge >= 0.3 is 0 Å². The summed E-state index contributed by atoms with van der Waals surface area (Å²) in [5.74, 6) is 0.652. The van der Waals surface area contributed by atoms with Crippen molar-refractivity contribution in [1.29, 1.82) is 0 Å². The average Bonchev–Trinajstić information content (AvgIpc) is 2.46. The van der Waals surface area contributed by atoms with E-state index in [1.165, 1.54) is 41.3 Å². The van der Waals surface area contributed by atoms with Crippen LogP contribution < -0.4 is 0 Å². The third-order valence-corrected chi connectivity index (χ3v) is 4.65. The van der Waals surface area contributed by atoms with E-state index < -0.39 is 0 Å². The van der Waals surface area contributed by atoms with Crippen molar-refractivity contribution in [3.05, 3.63) is 33.8 Å². The van der Waals surface area contributed by atoms with Gasteiger partial charge in [-0.15, -0.1) is 0 Å². The Morgan fingerprint density at radius 1 is 1.21 bits per heavy atom. The van der Waals surface area contributed by atoms with Gasteiger partial charge in [0.05, 0.1) is 6.61 Å². The molecule has 0 aromatic heterocycles. The zero-order chi connectivity index (χ0) is 13.1. The number of hydrogen-bond donors (Lipinski definition) is 0. The molecule has 0 bridgehead atoms. The molecular weight excluding hydrogens is 304 g/mol. The summed E-state index contributed by atoms with van der Waals surface area (Å²) in [7, 11) is 0. The van der Waals surface area contributed by atoms with Gasteiger partial charge < -0.3 is 9.47 Å². The van der Waals surface area contributed by atoms with E-state index in [0.29, 0.717) is 5.92 Å². The van der Waals surface area contributed by atoms with Crippen LogP contribution in [0.3, 0.4) is 0 Å². The molecule has 2 aliphatic rings. The Labute approximate surface area is 123 Å². The lowest BCUT2D eigenvalue weighted by Crippen LogP contribution is -2.27. The first-order valence-corrected chi connectivity index (χ1v) is 8.11. The molecule has 19 heavy (non-hydrogen) atoms. The topological polar surface area (TPSA) is 18.5 Å². The molecule has 0 N–H and O–H groups in total. The first kappa shape index (κ1) is 13.6. The third-order valence-electron chi connectivity index (χ3n) is 4.15. The van der Waals surface area contributed by atoms with Crippen molar-refractivity contribution in [1.82, 2.24) is 0 Å². The minimum absolute atomic E-state index is 0.0556. The van der Waals surface area contributed by atoms with Gasteiger partial charge in [0.15, 0.2) is 6.29 Å². The molecule has 0 spiro atoms. The Kier molecular flexibility index (Phi) is 4.57. The van der Waals surface area contributed by atoms with Crippen molar-refractivity contribution in [2.45, 2.75) is 44.8 Å². The smallest absolute Gasteiger partial charge is 0.157 e. The zero-order valence-electron chi connectivity index (χ0n) is 11.2. The van der Waals surface area contributed by atoms with E-state index in [1.54, 1.807) is 0 Å². The number of halogens is 1. The van der Waals surface area contributed by atoms with Gasteiger partial charge in [0, 0.05) is 11.1 Å². The molecule has 3 heteroatoms. The number of aryl methyl sites for hydroxylation is 1. The van der Waals surface area contributed by atoms with Crippen molar-refractivity contribution < 1.29 is 9.47 Å². The predicted octanol–water partition coefficient (Wildman–Crippen LogP) is 4.10. The van der Waals surface area contributed by atoms with E-state index >= 15 is 0 Å². The Morgan fingerprint density at radius 2 is 2.16 bits per heavy atom. The first-order valence-electron chi connectivity index (χ1n) is 7.32. The highest BCUT2D eigenvalue weighted by atomic mass is 79.9. The molecule has 1 aliphatic carbocycles. The van der Waals surface area contributed by atoms with Gasteiger partial charge in [0.2, 0.25) is 0 Å². The van der Waals surface area contributed by atoms with Crippen LogP contribution in [0.5, 0.6) is 0 Å². The fraction of sp³-hybridized carbons (Fsp3) is 0.625. The van der Waals surface area contributed by atoms with E-state index in [4.69, 9.17) is 9.47 Å². The normalized spacial score (nSPS) is 27.0. The lowest BCUT2D eigenvalue weighted by molar-refractivity contribution is -0.169. The van der Waals surface area contributed by atoms with Gasteiger partial charge in [0.1, 0.15) is 0 Å². The van der Waals surface area contributed by atoms with Crippen LogP contribution in [0.1, 0.15) is 36.8 Å². The lowest BCUT2D eigenvalue weighted by atomic mass is 9.84. The van der Waals surface area contributed by atoms with Gasteiger partial charge in [-0.1, -0.05) is 22.0 Å². The second kappa shape index (κ2) is 6.38. The van der Waals surface area contributed by atoms with Gasteiger partial charge in [-0.3, -0.25) is 0 Å². The Hall–Kier alpha value is -0.380. The van der Waals surface area contributed by atoms with Crippen LogP contribution in [0.15, 0.2) is 22.7 Å². The quantitative estimate of drug-likeness (QED) is 0.833. The predicted molar refractivity (Wildman–Crippen MR) is 79.2 cm³/mol. The number of rotatable bonds is 3. The third kappa shape index (κ3) is 3.59. The molecule has 104 valence electrons. The van der Waals surface area contributed by atoms with Crippen molar-refractivity contribution in [2.75, 3.05) is 13.2 Å². The standard InChI is InChI=1S/C16H21BrO2/c17-15-7-6-13-9-12(4-5-14(13)10-15)11-19-16-3-1-2-8-18-16/h6-7,10,12,16H,1-5,8-9,11H2. The summed E-state index contributed by atoms with van der Waals surface area (Å²) in [6.45, 7) is 1.71. The van der Waals surface area contributed by atoms with E-state index in [1.807, 2.05) is 0 Å². The fourth-order valence-corrected chi connectivity index (χ4v) is 3.44. The number of fused-ring (bicyclic) bond motifs is 1. The molecule has 2 atom stereocenters. The van der Waals surface area contributed by atoms with Gasteiger partial charge in [-0.2, -0.15) is 0 Å². The van der Waals surface area contributed by atoms with Crippen LogP contribution in [0.25, 0.3) is 0 Å². The summed E-state index contributed by atoms with van der Waals surface area (Å²) in [5, 5.41) is 0. The summed E-state index contributed by atoms with van der Waals surface area (Å²) in [5.41, 5.74) is 2.99. The SMILES string of the molecule is Brc1ccc2c(c1)CCC(COC1CCCCO1)C2. The molecule has 1 aromatic carbocycles. The van der Waals surface area contributed by atoms with Crippen LogP contribution in [-0.4, -0.2) is 19.5 Å². The number of hydrogen-bond acceptors (Lipinski definition) is 2. The monoisotopic (exact) mass is 324 g/mol. The summed E-state index contributed by atoms with van der Waals surface area (Å²) in [6.07, 6.45) is 7.11. The maximum atomic E-state index is 5.93. The summed E-state index contributed by atoms with van der Waals surface area (Å²) in [4.78, 5) is 0. The summed E-state index contributed by atoms with van der Waals surface area (Å²) < 4.78 is 12.7. The molecule has 1 aromatic rings. The van der Waals surface area contributed by atoms with E-state index in [2.05, 4.69) is 34.1 Å². The molecule has 3 rings (SSSR count). The van der Waals surface area contributed by atoms with Crippen LogP contribution in [0.4, 0.5) is 0 Å². The first-order chi connectivity index (χ1) is 9.31. The minimum Gasteiger partial charge on any atom is -0.353 e. The van der Waals surface area contributed by atoms with Crippen molar-refractivity contribution >= 4 is 15.9 Å². The number of benzene rings is 1. The van der Waals surface area contributed by atoms with E-state index in [0.717, 1.165) is 26.1 Å². The Morgan fingerprint density at radius 3 is 3.00 bits per heavy atom. The minimum atomic E-state index is 0.0556. The van der Waals surface area contributed by atoms with Gasteiger partial charge in [-0.25, -0.2) is 0 Å². The van der Waals surface area contributed by atoms with Crippen LogP contribution in [-0.2, 0) is 22.3 Å². The fourth-order valence-electron chi connectivity index (χ4n) is 3.03. The Bertz CT molecular complexity index is 427. The summed E-state index contributed by atoms with van der Waals surface area (Å²) in [6, 6.07) is 6.66. The number of ether oxygens (including phenoxy) is 2. The molecule has 0 saturated carbocycles. The maximum absolute atomic E-state index is 5.93. The molecular formula is C16H21BrO2. The highest BCUT2D eigenvalue weighted by molar-refractivity contribution is 9.10. The largest absolute Gasteiger partial charge is 0.353 e. The van der Waals surface area contributed by atoms with E-state index in [9.17, 15) is 0 Å². The zero-order valence-corrected chi connectivity index (χ0v) is 12.8. The maximum Gasteiger partial charge on any atom is 0.157 e. The van der Waals surface area contributed by atoms with Crippen LogP contribution in [0.2, 0.25) is 0 Å². The Balaban J connectivity index is 1.52. The average molecular weight is 325 g/mol. The van der Waals surface area contributed by atoms with Crippen molar-refractivity contribution in [3.8, 4) is 0 Å². The molecule has 2 nitrogen and oxygen atoms in total. The molecule has 2 unspecified atom stereocenters. The highest BCUT2D eigenvalue weighted by Gasteiger charge is 2.21. The summed E-state index contributed by atoms with van der Waals surface area (Å²) >= 11 is 3.55. The second-order valence-corrected chi connectivity index (χ2v) is 6.57. The molecule has 1 saturated heterocycles.